The van der Waals surface area contributed by atoms with Crippen LogP contribution in [0.15, 0.2) is 48.5 Å². The normalized spacial score (nSPS) is 15.6. The van der Waals surface area contributed by atoms with E-state index in [1.807, 2.05) is 24.3 Å². The summed E-state index contributed by atoms with van der Waals surface area (Å²) >= 11 is 0. The Labute approximate surface area is 195 Å². The Hall–Kier alpha value is -3.98. The minimum Gasteiger partial charge on any atom is -0.462 e. The zero-order valence-electron chi connectivity index (χ0n) is 18.8. The summed E-state index contributed by atoms with van der Waals surface area (Å²) in [5, 5.41) is 2.94. The van der Waals surface area contributed by atoms with Gasteiger partial charge in [0.25, 0.3) is 5.91 Å². The van der Waals surface area contributed by atoms with Crippen molar-refractivity contribution in [2.45, 2.75) is 25.9 Å². The van der Waals surface area contributed by atoms with Crippen LogP contribution in [-0.2, 0) is 9.47 Å². The third-order valence-corrected chi connectivity index (χ3v) is 5.88. The molecule has 9 heteroatoms. The number of rotatable bonds is 6. The molecule has 1 aliphatic rings. The molecule has 1 fully saturated rings. The van der Waals surface area contributed by atoms with E-state index in [2.05, 4.69) is 5.32 Å². The van der Waals surface area contributed by atoms with Crippen molar-refractivity contribution >= 4 is 39.9 Å². The number of benzene rings is 2. The summed E-state index contributed by atoms with van der Waals surface area (Å²) in [7, 11) is 0. The van der Waals surface area contributed by atoms with E-state index in [4.69, 9.17) is 25.2 Å². The fourth-order valence-corrected chi connectivity index (χ4v) is 4.21. The van der Waals surface area contributed by atoms with Gasteiger partial charge in [-0.25, -0.2) is 14.8 Å². The number of carbonyl (C=O) groups excluding carboxylic acids is 2. The van der Waals surface area contributed by atoms with Gasteiger partial charge in [0.05, 0.1) is 29.3 Å². The number of nitrogens with two attached hydrogens (primary N) is 1. The molecule has 174 valence electrons. The van der Waals surface area contributed by atoms with E-state index in [-0.39, 0.29) is 23.4 Å². The minimum absolute atomic E-state index is 0.000796. The number of esters is 1. The molecule has 2 aromatic heterocycles. The third kappa shape index (κ3) is 3.94. The second kappa shape index (κ2) is 9.11. The van der Waals surface area contributed by atoms with Crippen LogP contribution < -0.4 is 11.1 Å². The largest absolute Gasteiger partial charge is 0.462 e. The summed E-state index contributed by atoms with van der Waals surface area (Å²) in [6.45, 7) is 3.16. The summed E-state index contributed by atoms with van der Waals surface area (Å²) in [5.74, 6) is -0.511. The number of nitrogens with one attached hydrogen (secondary N) is 1. The van der Waals surface area contributed by atoms with Gasteiger partial charge in [0, 0.05) is 18.8 Å². The molecule has 0 bridgehead atoms. The van der Waals surface area contributed by atoms with Crippen molar-refractivity contribution in [2.24, 2.45) is 0 Å². The number of anilines is 1. The molecule has 0 spiro atoms. The van der Waals surface area contributed by atoms with E-state index in [0.717, 1.165) is 12.8 Å². The van der Waals surface area contributed by atoms with E-state index in [1.54, 1.807) is 35.8 Å². The summed E-state index contributed by atoms with van der Waals surface area (Å²) < 4.78 is 12.4. The molecule has 0 aliphatic carbocycles. The monoisotopic (exact) mass is 459 g/mol. The quantitative estimate of drug-likeness (QED) is 0.425. The Kier molecular flexibility index (Phi) is 5.85. The van der Waals surface area contributed by atoms with E-state index < -0.39 is 5.97 Å². The number of hydrogen-bond acceptors (Lipinski definition) is 7. The lowest BCUT2D eigenvalue weighted by molar-refractivity contribution is 0.0526. The van der Waals surface area contributed by atoms with Gasteiger partial charge in [-0.3, -0.25) is 9.36 Å². The van der Waals surface area contributed by atoms with Crippen LogP contribution >= 0.6 is 0 Å². The van der Waals surface area contributed by atoms with Gasteiger partial charge in [-0.2, -0.15) is 0 Å². The topological polar surface area (TPSA) is 121 Å². The molecule has 9 nitrogen and oxygen atoms in total. The Morgan fingerprint density at radius 3 is 2.56 bits per heavy atom. The van der Waals surface area contributed by atoms with Crippen molar-refractivity contribution in [3.63, 3.8) is 0 Å². The van der Waals surface area contributed by atoms with Crippen LogP contribution in [0.2, 0.25) is 0 Å². The van der Waals surface area contributed by atoms with Crippen LogP contribution in [0, 0.1) is 0 Å². The summed E-state index contributed by atoms with van der Waals surface area (Å²) in [4.78, 5) is 34.8. The predicted molar refractivity (Wildman–Crippen MR) is 128 cm³/mol. The zero-order valence-corrected chi connectivity index (χ0v) is 18.8. The number of ether oxygens (including phenoxy) is 2. The van der Waals surface area contributed by atoms with Crippen molar-refractivity contribution in [1.29, 1.82) is 0 Å². The maximum atomic E-state index is 13.2. The maximum absolute atomic E-state index is 13.2. The molecule has 1 saturated heterocycles. The van der Waals surface area contributed by atoms with Crippen LogP contribution in [0.25, 0.3) is 27.9 Å². The van der Waals surface area contributed by atoms with Gasteiger partial charge in [0.15, 0.2) is 5.65 Å². The highest BCUT2D eigenvalue weighted by atomic mass is 16.5. The predicted octanol–water partition coefficient (Wildman–Crippen LogP) is 3.24. The number of aromatic nitrogens is 3. The molecule has 4 aromatic rings. The van der Waals surface area contributed by atoms with E-state index in [9.17, 15) is 9.59 Å². The summed E-state index contributed by atoms with van der Waals surface area (Å²) in [6, 6.07) is 14.2. The molecule has 1 atom stereocenters. The lowest BCUT2D eigenvalue weighted by Gasteiger charge is -2.11. The molecule has 5 rings (SSSR count). The molecule has 3 heterocycles. The van der Waals surface area contributed by atoms with Gasteiger partial charge < -0.3 is 20.5 Å². The Morgan fingerprint density at radius 2 is 1.88 bits per heavy atom. The zero-order chi connectivity index (χ0) is 23.7. The first kappa shape index (κ1) is 21.8. The van der Waals surface area contributed by atoms with Crippen LogP contribution in [0.3, 0.4) is 0 Å². The molecule has 34 heavy (non-hydrogen) atoms. The van der Waals surface area contributed by atoms with Gasteiger partial charge in [-0.05, 0) is 56.2 Å². The van der Waals surface area contributed by atoms with Gasteiger partial charge >= 0.3 is 5.97 Å². The average molecular weight is 460 g/mol. The second-order valence-corrected chi connectivity index (χ2v) is 8.09. The van der Waals surface area contributed by atoms with Crippen molar-refractivity contribution < 1.29 is 19.1 Å². The Balaban J connectivity index is 1.60. The molecule has 1 amide bonds. The molecular weight excluding hydrogens is 434 g/mol. The molecule has 0 saturated carbocycles. The molecule has 3 N–H and O–H groups in total. The maximum Gasteiger partial charge on any atom is 0.338 e. The Morgan fingerprint density at radius 1 is 1.15 bits per heavy atom. The molecule has 1 unspecified atom stereocenters. The van der Waals surface area contributed by atoms with Gasteiger partial charge in [-0.15, -0.1) is 0 Å². The van der Waals surface area contributed by atoms with Gasteiger partial charge in [0.1, 0.15) is 16.9 Å². The van der Waals surface area contributed by atoms with Crippen LogP contribution in [0.1, 0.15) is 40.5 Å². The molecular formula is C25H25N5O4. The standard InChI is InChI=1S/C25H25N5O4/c1-2-33-25(32)15-9-11-16(12-10-15)30-22(26)20(24(31)27-14-17-6-5-13-34-17)21-23(30)29-19-8-4-3-7-18(19)28-21/h3-4,7-12,17H,2,5-6,13-14,26H2,1H3,(H,27,31). The van der Waals surface area contributed by atoms with Crippen LogP contribution in [-0.4, -0.2) is 52.3 Å². The smallest absolute Gasteiger partial charge is 0.338 e. The first-order valence-corrected chi connectivity index (χ1v) is 11.3. The summed E-state index contributed by atoms with van der Waals surface area (Å²) in [5.41, 5.74) is 10.1. The molecule has 0 radical (unpaired) electrons. The number of amides is 1. The van der Waals surface area contributed by atoms with Crippen LogP contribution in [0.4, 0.5) is 5.82 Å². The highest BCUT2D eigenvalue weighted by molar-refractivity contribution is 6.11. The van der Waals surface area contributed by atoms with Crippen molar-refractivity contribution in [2.75, 3.05) is 25.5 Å². The first-order valence-electron chi connectivity index (χ1n) is 11.3. The average Bonchev–Trinajstić information content (AvgIpc) is 3.47. The van der Waals surface area contributed by atoms with E-state index in [0.29, 0.717) is 53.2 Å². The Bertz CT molecular complexity index is 1370. The highest BCUT2D eigenvalue weighted by Crippen LogP contribution is 2.31. The number of nitrogens with zero attached hydrogens (tertiary/aromatic N) is 3. The number of para-hydroxylation sites is 2. The van der Waals surface area contributed by atoms with Crippen molar-refractivity contribution in [1.82, 2.24) is 19.9 Å². The van der Waals surface area contributed by atoms with Gasteiger partial charge in [-0.1, -0.05) is 12.1 Å². The fourth-order valence-electron chi connectivity index (χ4n) is 4.21. The minimum atomic E-state index is -0.403. The molecule has 1 aliphatic heterocycles. The SMILES string of the molecule is CCOC(=O)c1ccc(-n2c(N)c(C(=O)NCC3CCCO3)c3nc4ccccc4nc32)cc1. The number of hydrogen-bond donors (Lipinski definition) is 2. The second-order valence-electron chi connectivity index (χ2n) is 8.09. The van der Waals surface area contributed by atoms with Gasteiger partial charge in [0.2, 0.25) is 0 Å². The highest BCUT2D eigenvalue weighted by Gasteiger charge is 2.26. The van der Waals surface area contributed by atoms with E-state index in [1.165, 1.54) is 0 Å². The van der Waals surface area contributed by atoms with Crippen molar-refractivity contribution in [3.8, 4) is 5.69 Å². The first-order chi connectivity index (χ1) is 16.6. The van der Waals surface area contributed by atoms with Crippen LogP contribution in [0.5, 0.6) is 0 Å². The van der Waals surface area contributed by atoms with Crippen molar-refractivity contribution in [3.05, 3.63) is 59.7 Å². The van der Waals surface area contributed by atoms with E-state index >= 15 is 0 Å². The third-order valence-electron chi connectivity index (χ3n) is 5.88. The number of fused-ring (bicyclic) bond motifs is 2. The fraction of sp³-hybridized carbons (Fsp3) is 0.280. The summed E-state index contributed by atoms with van der Waals surface area (Å²) in [6.07, 6.45) is 1.90. The number of carbonyl (C=O) groups is 2. The molecule has 2 aromatic carbocycles. The number of nitrogen functional groups attached to an aromatic ring is 1. The lowest BCUT2D eigenvalue weighted by atomic mass is 10.2. The lowest BCUT2D eigenvalue weighted by Crippen LogP contribution is -2.32.